The molecule has 2 aromatic rings. The molecule has 1 amide bonds. The smallest absolute Gasteiger partial charge is 0.273 e. The zero-order valence-electron chi connectivity index (χ0n) is 9.53. The van der Waals surface area contributed by atoms with Crippen molar-refractivity contribution >= 4 is 29.0 Å². The SMILES string of the molecule is COc1ccc(NC(=O)c2cc(N)n[nH]2)cc1Cl. The number of hydrogen-bond acceptors (Lipinski definition) is 4. The number of anilines is 2. The molecule has 1 aromatic heterocycles. The highest BCUT2D eigenvalue weighted by molar-refractivity contribution is 6.32. The van der Waals surface area contributed by atoms with Crippen LogP contribution < -0.4 is 15.8 Å². The lowest BCUT2D eigenvalue weighted by Gasteiger charge is -2.06. The average molecular weight is 267 g/mol. The van der Waals surface area contributed by atoms with Gasteiger partial charge in [-0.1, -0.05) is 11.6 Å². The van der Waals surface area contributed by atoms with Crippen LogP contribution in [-0.2, 0) is 0 Å². The summed E-state index contributed by atoms with van der Waals surface area (Å²) in [4.78, 5) is 11.8. The summed E-state index contributed by atoms with van der Waals surface area (Å²) in [5, 5.41) is 9.26. The van der Waals surface area contributed by atoms with Crippen LogP contribution >= 0.6 is 11.6 Å². The number of nitrogens with one attached hydrogen (secondary N) is 2. The highest BCUT2D eigenvalue weighted by atomic mass is 35.5. The Morgan fingerprint density at radius 1 is 1.50 bits per heavy atom. The molecule has 0 atom stereocenters. The van der Waals surface area contributed by atoms with Gasteiger partial charge in [0.05, 0.1) is 12.1 Å². The van der Waals surface area contributed by atoms with Gasteiger partial charge >= 0.3 is 0 Å². The maximum atomic E-state index is 11.8. The summed E-state index contributed by atoms with van der Waals surface area (Å²) < 4.78 is 5.02. The summed E-state index contributed by atoms with van der Waals surface area (Å²) in [5.74, 6) is 0.453. The molecule has 1 heterocycles. The van der Waals surface area contributed by atoms with Crippen LogP contribution in [0.15, 0.2) is 24.3 Å². The Morgan fingerprint density at radius 2 is 2.28 bits per heavy atom. The minimum Gasteiger partial charge on any atom is -0.495 e. The van der Waals surface area contributed by atoms with Gasteiger partial charge in [0, 0.05) is 11.8 Å². The average Bonchev–Trinajstić information content (AvgIpc) is 2.76. The molecule has 1 aromatic carbocycles. The number of carbonyl (C=O) groups excluding carboxylic acids is 1. The van der Waals surface area contributed by atoms with Gasteiger partial charge in [-0.05, 0) is 18.2 Å². The van der Waals surface area contributed by atoms with Crippen molar-refractivity contribution in [1.29, 1.82) is 0 Å². The van der Waals surface area contributed by atoms with E-state index in [9.17, 15) is 4.79 Å². The highest BCUT2D eigenvalue weighted by Gasteiger charge is 2.10. The molecular weight excluding hydrogens is 256 g/mol. The van der Waals surface area contributed by atoms with E-state index in [1.807, 2.05) is 0 Å². The molecule has 0 saturated carbocycles. The van der Waals surface area contributed by atoms with Gasteiger partial charge in [-0.25, -0.2) is 0 Å². The maximum absolute atomic E-state index is 11.8. The Hall–Kier alpha value is -2.21. The van der Waals surface area contributed by atoms with E-state index in [-0.39, 0.29) is 17.4 Å². The third-order valence-electron chi connectivity index (χ3n) is 2.25. The molecule has 0 aliphatic rings. The quantitative estimate of drug-likeness (QED) is 0.791. The number of amides is 1. The normalized spacial score (nSPS) is 10.1. The second-order valence-corrected chi connectivity index (χ2v) is 3.92. The van der Waals surface area contributed by atoms with Crippen molar-refractivity contribution in [1.82, 2.24) is 10.2 Å². The standard InChI is InChI=1S/C11H11ClN4O2/c1-18-9-3-2-6(4-7(9)12)14-11(17)8-5-10(13)16-15-8/h2-5H,1H3,(H,14,17)(H3,13,15,16). The summed E-state index contributed by atoms with van der Waals surface area (Å²) in [6.07, 6.45) is 0. The van der Waals surface area contributed by atoms with E-state index >= 15 is 0 Å². The number of aromatic nitrogens is 2. The Morgan fingerprint density at radius 3 is 2.83 bits per heavy atom. The maximum Gasteiger partial charge on any atom is 0.273 e. The molecule has 0 saturated heterocycles. The van der Waals surface area contributed by atoms with E-state index in [4.69, 9.17) is 22.1 Å². The highest BCUT2D eigenvalue weighted by Crippen LogP contribution is 2.27. The molecule has 0 aliphatic carbocycles. The Labute approximate surface area is 108 Å². The number of hydrogen-bond donors (Lipinski definition) is 3. The zero-order chi connectivity index (χ0) is 13.1. The van der Waals surface area contributed by atoms with Crippen molar-refractivity contribution < 1.29 is 9.53 Å². The summed E-state index contributed by atoms with van der Waals surface area (Å²) in [6, 6.07) is 6.39. The predicted octanol–water partition coefficient (Wildman–Crippen LogP) is 1.91. The molecule has 7 heteroatoms. The Bertz CT molecular complexity index is 582. The third kappa shape index (κ3) is 2.54. The first-order chi connectivity index (χ1) is 8.60. The minimum absolute atomic E-state index is 0.257. The third-order valence-corrected chi connectivity index (χ3v) is 2.55. The second kappa shape index (κ2) is 4.97. The van der Waals surface area contributed by atoms with Gasteiger partial charge in [0.15, 0.2) is 0 Å². The summed E-state index contributed by atoms with van der Waals surface area (Å²) in [5.41, 5.74) is 6.24. The van der Waals surface area contributed by atoms with E-state index < -0.39 is 0 Å². The number of nitrogens with two attached hydrogens (primary N) is 1. The van der Waals surface area contributed by atoms with Crippen LogP contribution in [0.2, 0.25) is 5.02 Å². The molecule has 2 rings (SSSR count). The molecule has 0 aliphatic heterocycles. The molecule has 0 spiro atoms. The fourth-order valence-corrected chi connectivity index (χ4v) is 1.65. The first-order valence-electron chi connectivity index (χ1n) is 5.06. The van der Waals surface area contributed by atoms with E-state index in [2.05, 4.69) is 15.5 Å². The van der Waals surface area contributed by atoms with Gasteiger partial charge in [-0.15, -0.1) is 0 Å². The van der Waals surface area contributed by atoms with Crippen molar-refractivity contribution in [3.8, 4) is 5.75 Å². The van der Waals surface area contributed by atoms with E-state index in [0.717, 1.165) is 0 Å². The monoisotopic (exact) mass is 266 g/mol. The van der Waals surface area contributed by atoms with Crippen molar-refractivity contribution in [2.75, 3.05) is 18.2 Å². The van der Waals surface area contributed by atoms with Crippen LogP contribution in [0.3, 0.4) is 0 Å². The zero-order valence-corrected chi connectivity index (χ0v) is 10.3. The molecule has 18 heavy (non-hydrogen) atoms. The van der Waals surface area contributed by atoms with Crippen LogP contribution in [0.5, 0.6) is 5.75 Å². The largest absolute Gasteiger partial charge is 0.495 e. The number of methoxy groups -OCH3 is 1. The lowest BCUT2D eigenvalue weighted by atomic mass is 10.3. The predicted molar refractivity (Wildman–Crippen MR) is 69.0 cm³/mol. The van der Waals surface area contributed by atoms with Crippen LogP contribution in [0.4, 0.5) is 11.5 Å². The number of nitrogen functional groups attached to an aromatic ring is 1. The summed E-state index contributed by atoms with van der Waals surface area (Å²) in [7, 11) is 1.52. The first kappa shape index (κ1) is 12.3. The molecule has 0 bridgehead atoms. The lowest BCUT2D eigenvalue weighted by molar-refractivity contribution is 0.102. The first-order valence-corrected chi connectivity index (χ1v) is 5.43. The van der Waals surface area contributed by atoms with Crippen LogP contribution in [0.1, 0.15) is 10.5 Å². The van der Waals surface area contributed by atoms with Crippen LogP contribution in [-0.4, -0.2) is 23.2 Å². The fraction of sp³-hybridized carbons (Fsp3) is 0.0909. The number of ether oxygens (including phenoxy) is 1. The Balaban J connectivity index is 2.14. The molecule has 0 unspecified atom stereocenters. The number of aromatic amines is 1. The van der Waals surface area contributed by atoms with Crippen molar-refractivity contribution in [3.05, 3.63) is 35.0 Å². The topological polar surface area (TPSA) is 93.0 Å². The van der Waals surface area contributed by atoms with Gasteiger partial charge in [-0.3, -0.25) is 9.89 Å². The number of carbonyl (C=O) groups is 1. The van der Waals surface area contributed by atoms with Crippen molar-refractivity contribution in [3.63, 3.8) is 0 Å². The van der Waals surface area contributed by atoms with Gasteiger partial charge in [0.2, 0.25) is 0 Å². The van der Waals surface area contributed by atoms with E-state index in [1.165, 1.54) is 13.2 Å². The second-order valence-electron chi connectivity index (χ2n) is 3.51. The van der Waals surface area contributed by atoms with Gasteiger partial charge in [0.1, 0.15) is 17.3 Å². The van der Waals surface area contributed by atoms with Gasteiger partial charge in [-0.2, -0.15) is 5.10 Å². The molecule has 0 radical (unpaired) electrons. The van der Waals surface area contributed by atoms with Crippen LogP contribution in [0, 0.1) is 0 Å². The van der Waals surface area contributed by atoms with E-state index in [1.54, 1.807) is 18.2 Å². The van der Waals surface area contributed by atoms with Gasteiger partial charge < -0.3 is 15.8 Å². The molecule has 94 valence electrons. The number of halogens is 1. The van der Waals surface area contributed by atoms with E-state index in [0.29, 0.717) is 16.5 Å². The summed E-state index contributed by atoms with van der Waals surface area (Å²) >= 11 is 5.95. The number of benzene rings is 1. The lowest BCUT2D eigenvalue weighted by Crippen LogP contribution is -2.12. The number of H-pyrrole nitrogens is 1. The van der Waals surface area contributed by atoms with Crippen molar-refractivity contribution in [2.45, 2.75) is 0 Å². The fourth-order valence-electron chi connectivity index (χ4n) is 1.40. The molecule has 6 nitrogen and oxygen atoms in total. The van der Waals surface area contributed by atoms with Crippen LogP contribution in [0.25, 0.3) is 0 Å². The summed E-state index contributed by atoms with van der Waals surface area (Å²) in [6.45, 7) is 0. The Kier molecular flexibility index (Phi) is 3.38. The molecule has 4 N–H and O–H groups in total. The minimum atomic E-state index is -0.347. The molecular formula is C11H11ClN4O2. The molecule has 0 fully saturated rings. The number of nitrogens with zero attached hydrogens (tertiary/aromatic N) is 1. The number of rotatable bonds is 3. The van der Waals surface area contributed by atoms with Gasteiger partial charge in [0.25, 0.3) is 5.91 Å². The van der Waals surface area contributed by atoms with Crippen molar-refractivity contribution in [2.24, 2.45) is 0 Å².